The number of hydrogen-bond acceptors (Lipinski definition) is 3. The standard InChI is InChI=1S/C23H32N2O3S/c1-18-12-13-19(2)22(17-18)25(29(4,27)28)16-8-11-23(26)24-20(3)14-15-21-9-6-5-7-10-21/h5-7,9-10,12-13,17,20H,8,11,14-16H2,1-4H3,(H,24,26)/t20-/m0/s1. The van der Waals surface area contributed by atoms with Gasteiger partial charge in [-0.3, -0.25) is 9.10 Å². The first-order valence-corrected chi connectivity index (χ1v) is 11.9. The number of amides is 1. The molecule has 0 spiro atoms. The second-order valence-corrected chi connectivity index (χ2v) is 9.63. The summed E-state index contributed by atoms with van der Waals surface area (Å²) in [7, 11) is -3.42. The highest BCUT2D eigenvalue weighted by Crippen LogP contribution is 2.24. The summed E-state index contributed by atoms with van der Waals surface area (Å²) >= 11 is 0. The van der Waals surface area contributed by atoms with E-state index in [9.17, 15) is 13.2 Å². The van der Waals surface area contributed by atoms with Crippen molar-refractivity contribution in [2.75, 3.05) is 17.1 Å². The Balaban J connectivity index is 1.85. The molecule has 158 valence electrons. The Kier molecular flexibility index (Phi) is 8.26. The summed E-state index contributed by atoms with van der Waals surface area (Å²) in [6, 6.07) is 16.0. The van der Waals surface area contributed by atoms with E-state index in [0.29, 0.717) is 18.5 Å². The molecule has 0 saturated carbocycles. The number of nitrogens with zero attached hydrogens (tertiary/aromatic N) is 1. The van der Waals surface area contributed by atoms with Gasteiger partial charge in [-0.25, -0.2) is 8.42 Å². The van der Waals surface area contributed by atoms with Crippen molar-refractivity contribution >= 4 is 21.6 Å². The lowest BCUT2D eigenvalue weighted by molar-refractivity contribution is -0.121. The van der Waals surface area contributed by atoms with Crippen LogP contribution in [0, 0.1) is 13.8 Å². The molecule has 2 aromatic rings. The average Bonchev–Trinajstić information content (AvgIpc) is 2.65. The summed E-state index contributed by atoms with van der Waals surface area (Å²) in [6.07, 6.45) is 3.76. The molecule has 0 bridgehead atoms. The molecule has 0 heterocycles. The minimum Gasteiger partial charge on any atom is -0.354 e. The molecule has 5 nitrogen and oxygen atoms in total. The molecule has 1 amide bonds. The lowest BCUT2D eigenvalue weighted by Crippen LogP contribution is -2.35. The Morgan fingerprint density at radius 2 is 1.79 bits per heavy atom. The number of aryl methyl sites for hydroxylation is 3. The van der Waals surface area contributed by atoms with E-state index in [2.05, 4.69) is 17.4 Å². The molecule has 0 fully saturated rings. The van der Waals surface area contributed by atoms with Crippen LogP contribution in [0.5, 0.6) is 0 Å². The van der Waals surface area contributed by atoms with Crippen molar-refractivity contribution in [2.24, 2.45) is 0 Å². The van der Waals surface area contributed by atoms with E-state index in [-0.39, 0.29) is 18.5 Å². The maximum atomic E-state index is 12.3. The quantitative estimate of drug-likeness (QED) is 0.637. The van der Waals surface area contributed by atoms with Crippen LogP contribution in [-0.2, 0) is 21.2 Å². The number of benzene rings is 2. The summed E-state index contributed by atoms with van der Waals surface area (Å²) < 4.78 is 26.0. The number of anilines is 1. The third-order valence-corrected chi connectivity index (χ3v) is 6.09. The van der Waals surface area contributed by atoms with Crippen molar-refractivity contribution in [1.82, 2.24) is 5.32 Å². The fraction of sp³-hybridized carbons (Fsp3) is 0.435. The van der Waals surface area contributed by atoms with Crippen LogP contribution in [0.4, 0.5) is 5.69 Å². The Labute approximate surface area is 175 Å². The van der Waals surface area contributed by atoms with Crippen molar-refractivity contribution < 1.29 is 13.2 Å². The summed E-state index contributed by atoms with van der Waals surface area (Å²) in [5.74, 6) is -0.0417. The Morgan fingerprint density at radius 1 is 1.10 bits per heavy atom. The molecule has 0 radical (unpaired) electrons. The van der Waals surface area contributed by atoms with Gasteiger partial charge in [-0.2, -0.15) is 0 Å². The van der Waals surface area contributed by atoms with Crippen molar-refractivity contribution in [3.63, 3.8) is 0 Å². The van der Waals surface area contributed by atoms with Gasteiger partial charge in [-0.1, -0.05) is 42.5 Å². The number of carbonyl (C=O) groups is 1. The van der Waals surface area contributed by atoms with Crippen LogP contribution in [0.3, 0.4) is 0 Å². The van der Waals surface area contributed by atoms with E-state index in [1.165, 1.54) is 16.1 Å². The zero-order valence-electron chi connectivity index (χ0n) is 17.8. The normalized spacial score (nSPS) is 12.4. The maximum absolute atomic E-state index is 12.3. The first kappa shape index (κ1) is 22.9. The fourth-order valence-electron chi connectivity index (χ4n) is 3.28. The highest BCUT2D eigenvalue weighted by Gasteiger charge is 2.19. The van der Waals surface area contributed by atoms with Crippen LogP contribution in [0.1, 0.15) is 42.9 Å². The van der Waals surface area contributed by atoms with Gasteiger partial charge in [0.1, 0.15) is 0 Å². The number of sulfonamides is 1. The summed E-state index contributed by atoms with van der Waals surface area (Å²) in [5, 5.41) is 3.02. The molecule has 0 unspecified atom stereocenters. The Hall–Kier alpha value is -2.34. The average molecular weight is 417 g/mol. The summed E-state index contributed by atoms with van der Waals surface area (Å²) in [5.41, 5.74) is 3.85. The summed E-state index contributed by atoms with van der Waals surface area (Å²) in [6.45, 7) is 6.12. The molecule has 6 heteroatoms. The zero-order valence-corrected chi connectivity index (χ0v) is 18.6. The third kappa shape index (κ3) is 7.54. The monoisotopic (exact) mass is 416 g/mol. The van der Waals surface area contributed by atoms with E-state index in [4.69, 9.17) is 0 Å². The van der Waals surface area contributed by atoms with Crippen molar-refractivity contribution in [1.29, 1.82) is 0 Å². The minimum absolute atomic E-state index is 0.0417. The van der Waals surface area contributed by atoms with Crippen molar-refractivity contribution in [2.45, 2.75) is 52.5 Å². The molecule has 29 heavy (non-hydrogen) atoms. The van der Waals surface area contributed by atoms with Gasteiger partial charge in [0.15, 0.2) is 0 Å². The maximum Gasteiger partial charge on any atom is 0.232 e. The second kappa shape index (κ2) is 10.4. The molecule has 0 aliphatic rings. The smallest absolute Gasteiger partial charge is 0.232 e. The first-order chi connectivity index (χ1) is 13.7. The lowest BCUT2D eigenvalue weighted by atomic mass is 10.1. The molecule has 2 aromatic carbocycles. The van der Waals surface area contributed by atoms with Crippen LogP contribution < -0.4 is 9.62 Å². The SMILES string of the molecule is Cc1ccc(C)c(N(CCCC(=O)N[C@@H](C)CCc2ccccc2)S(C)(=O)=O)c1. The van der Waals surface area contributed by atoms with Gasteiger partial charge in [0.25, 0.3) is 0 Å². The number of carbonyl (C=O) groups excluding carboxylic acids is 1. The minimum atomic E-state index is -3.42. The predicted octanol–water partition coefficient (Wildman–Crippen LogP) is 3.99. The van der Waals surface area contributed by atoms with Gasteiger partial charge in [-0.15, -0.1) is 0 Å². The molecule has 0 aromatic heterocycles. The molecule has 0 aliphatic heterocycles. The zero-order chi connectivity index (χ0) is 21.4. The van der Waals surface area contributed by atoms with Crippen molar-refractivity contribution in [3.8, 4) is 0 Å². The van der Waals surface area contributed by atoms with Crippen LogP contribution in [-0.4, -0.2) is 33.2 Å². The van der Waals surface area contributed by atoms with Gasteiger partial charge >= 0.3 is 0 Å². The first-order valence-electron chi connectivity index (χ1n) is 10.0. The van der Waals surface area contributed by atoms with Crippen molar-refractivity contribution in [3.05, 3.63) is 65.2 Å². The summed E-state index contributed by atoms with van der Waals surface area (Å²) in [4.78, 5) is 12.3. The molecule has 0 aliphatic carbocycles. The van der Waals surface area contributed by atoms with Gasteiger partial charge in [0.2, 0.25) is 15.9 Å². The predicted molar refractivity (Wildman–Crippen MR) is 120 cm³/mol. The molecular formula is C23H32N2O3S. The van der Waals surface area contributed by atoms with E-state index in [1.807, 2.05) is 57.2 Å². The third-order valence-electron chi connectivity index (χ3n) is 4.91. The highest BCUT2D eigenvalue weighted by molar-refractivity contribution is 7.92. The number of nitrogens with one attached hydrogen (secondary N) is 1. The van der Waals surface area contributed by atoms with E-state index in [0.717, 1.165) is 24.0 Å². The largest absolute Gasteiger partial charge is 0.354 e. The van der Waals surface area contributed by atoms with E-state index >= 15 is 0 Å². The van der Waals surface area contributed by atoms with Gasteiger partial charge in [0.05, 0.1) is 11.9 Å². The topological polar surface area (TPSA) is 66.5 Å². The molecular weight excluding hydrogens is 384 g/mol. The van der Waals surface area contributed by atoms with Gasteiger partial charge < -0.3 is 5.32 Å². The molecule has 2 rings (SSSR count). The van der Waals surface area contributed by atoms with Gasteiger partial charge in [-0.05, 0) is 62.8 Å². The lowest BCUT2D eigenvalue weighted by Gasteiger charge is -2.24. The van der Waals surface area contributed by atoms with Crippen LogP contribution in [0.2, 0.25) is 0 Å². The van der Waals surface area contributed by atoms with E-state index in [1.54, 1.807) is 0 Å². The number of hydrogen-bond donors (Lipinski definition) is 1. The van der Waals surface area contributed by atoms with Crippen LogP contribution in [0.15, 0.2) is 48.5 Å². The van der Waals surface area contributed by atoms with Gasteiger partial charge in [0, 0.05) is 19.0 Å². The Morgan fingerprint density at radius 3 is 2.45 bits per heavy atom. The van der Waals surface area contributed by atoms with E-state index < -0.39 is 10.0 Å². The molecule has 1 N–H and O–H groups in total. The van der Waals surface area contributed by atoms with Crippen LogP contribution >= 0.6 is 0 Å². The molecule has 0 saturated heterocycles. The van der Waals surface area contributed by atoms with Crippen LogP contribution in [0.25, 0.3) is 0 Å². The highest BCUT2D eigenvalue weighted by atomic mass is 32.2. The molecule has 1 atom stereocenters. The fourth-order valence-corrected chi connectivity index (χ4v) is 4.30. The number of rotatable bonds is 10. The Bertz CT molecular complexity index is 911. The second-order valence-electron chi connectivity index (χ2n) is 7.72.